The number of benzene rings is 3. The molecule has 3 heterocycles. The Morgan fingerprint density at radius 1 is 0.708 bits per heavy atom. The van der Waals surface area contributed by atoms with Crippen LogP contribution in [0.4, 0.5) is 0 Å². The first-order valence-corrected chi connectivity index (χ1v) is 30.8. The highest BCUT2D eigenvalue weighted by atomic mass is 16.5. The zero-order valence-electron chi connectivity index (χ0n) is 54.6. The second-order valence-electron chi connectivity index (χ2n) is 26.4. The topological polar surface area (TPSA) is 237 Å². The highest BCUT2D eigenvalue weighted by Crippen LogP contribution is 2.34. The molecular formula is C68H94N6O15. The lowest BCUT2D eigenvalue weighted by atomic mass is 9.81. The minimum absolute atomic E-state index is 0.102. The molecule has 3 aromatic rings. The largest absolute Gasteiger partial charge is 0.493 e. The predicted octanol–water partition coefficient (Wildman–Crippen LogP) is 7.63. The lowest BCUT2D eigenvalue weighted by Gasteiger charge is -2.38. The quantitative estimate of drug-likeness (QED) is 0.152. The van der Waals surface area contributed by atoms with Crippen molar-refractivity contribution in [3.63, 3.8) is 0 Å². The van der Waals surface area contributed by atoms with E-state index in [1.54, 1.807) is 67.7 Å². The number of Topliss-reactive ketones (excluding diaryl/α,β-unsaturated/α-hetero) is 1. The fourth-order valence-corrected chi connectivity index (χ4v) is 11.6. The molecule has 0 saturated carbocycles. The second-order valence-corrected chi connectivity index (χ2v) is 26.4. The molecule has 3 aliphatic rings. The van der Waals surface area contributed by atoms with Gasteiger partial charge in [-0.1, -0.05) is 82.3 Å². The Kier molecular flexibility index (Phi) is 24.5. The van der Waals surface area contributed by atoms with Crippen molar-refractivity contribution >= 4 is 53.2 Å². The molecule has 89 heavy (non-hydrogen) atoms. The molecule has 486 valence electrons. The van der Waals surface area contributed by atoms with Crippen LogP contribution >= 0.6 is 0 Å². The van der Waals surface area contributed by atoms with Gasteiger partial charge in [-0.15, -0.1) is 0 Å². The minimum Gasteiger partial charge on any atom is -0.493 e. The number of cyclic esters (lactones) is 2. The maximum Gasteiger partial charge on any atom is 0.330 e. The Morgan fingerprint density at radius 3 is 2.06 bits per heavy atom. The van der Waals surface area contributed by atoms with Gasteiger partial charge in [0.1, 0.15) is 48.7 Å². The fraction of sp³-hybridized carbons (Fsp3) is 0.574. The van der Waals surface area contributed by atoms with Crippen LogP contribution in [0.2, 0.25) is 0 Å². The number of hydrogen-bond donors (Lipinski definition) is 1. The maximum absolute atomic E-state index is 15.3. The smallest absolute Gasteiger partial charge is 0.330 e. The molecule has 3 aromatic carbocycles. The SMILES string of the molecule is COc1ccc(CC[C@H]2OC(=O)[C@@H]3CCCCN3C(=O)C(=O)C(C)(C)COC(=O)/C=C\CCN(C)C(=O)[C@@H]3CCCN3C(=O)[C@H](COC(C)(C)C)N(C)C(=O)C(c3ccccc3)NC(=O)[C@H](C(C)CC(C)(C)C)N(C)C(=O)COc3cccc2c3)cc1OC. The number of carbonyl (C=O) groups excluding carboxylic acids is 9. The van der Waals surface area contributed by atoms with Crippen LogP contribution in [-0.4, -0.2) is 182 Å². The van der Waals surface area contributed by atoms with E-state index >= 15 is 14.4 Å². The summed E-state index contributed by atoms with van der Waals surface area (Å²) in [6.45, 7) is 15.6. The summed E-state index contributed by atoms with van der Waals surface area (Å²) >= 11 is 0. The van der Waals surface area contributed by atoms with Crippen molar-refractivity contribution in [2.75, 3.05) is 74.8 Å². The average Bonchev–Trinajstić information content (AvgIpc) is 1.90. The number of ether oxygens (including phenoxy) is 6. The third-order valence-electron chi connectivity index (χ3n) is 16.5. The van der Waals surface area contributed by atoms with Gasteiger partial charge in [-0.3, -0.25) is 33.6 Å². The van der Waals surface area contributed by atoms with E-state index < -0.39 is 114 Å². The molecule has 0 aromatic heterocycles. The van der Waals surface area contributed by atoms with Crippen molar-refractivity contribution in [2.45, 2.75) is 162 Å². The number of amides is 6. The van der Waals surface area contributed by atoms with Gasteiger partial charge in [0.05, 0.1) is 31.8 Å². The van der Waals surface area contributed by atoms with E-state index in [4.69, 9.17) is 28.4 Å². The van der Waals surface area contributed by atoms with Gasteiger partial charge in [-0.25, -0.2) is 9.59 Å². The van der Waals surface area contributed by atoms with Crippen molar-refractivity contribution in [3.8, 4) is 17.2 Å². The summed E-state index contributed by atoms with van der Waals surface area (Å²) in [6.07, 6.45) is 5.25. The van der Waals surface area contributed by atoms with Gasteiger partial charge in [0.25, 0.3) is 11.8 Å². The van der Waals surface area contributed by atoms with E-state index in [-0.39, 0.29) is 62.6 Å². The van der Waals surface area contributed by atoms with Crippen LogP contribution < -0.4 is 19.5 Å². The molecule has 0 radical (unpaired) electrons. The first-order valence-electron chi connectivity index (χ1n) is 30.8. The summed E-state index contributed by atoms with van der Waals surface area (Å²) in [4.78, 5) is 137. The Hall–Kier alpha value is -7.81. The third kappa shape index (κ3) is 19.1. The molecule has 6 amide bonds. The molecule has 21 nitrogen and oxygen atoms in total. The molecule has 3 aliphatic heterocycles. The highest BCUT2D eigenvalue weighted by Gasteiger charge is 2.45. The maximum atomic E-state index is 15.3. The second kappa shape index (κ2) is 31.1. The lowest BCUT2D eigenvalue weighted by Crippen LogP contribution is -2.58. The molecule has 0 spiro atoms. The first-order chi connectivity index (χ1) is 41.9. The normalized spacial score (nSPS) is 23.9. The third-order valence-corrected chi connectivity index (χ3v) is 16.5. The van der Waals surface area contributed by atoms with Crippen molar-refractivity contribution in [1.29, 1.82) is 0 Å². The Labute approximate surface area is 525 Å². The zero-order chi connectivity index (χ0) is 65.5. The van der Waals surface area contributed by atoms with Crippen molar-refractivity contribution in [3.05, 3.63) is 102 Å². The number of piperidine rings is 1. The Balaban J connectivity index is 1.39. The van der Waals surface area contributed by atoms with Crippen LogP contribution in [0.5, 0.6) is 17.2 Å². The first kappa shape index (κ1) is 70.3. The van der Waals surface area contributed by atoms with Gasteiger partial charge in [0, 0.05) is 46.9 Å². The van der Waals surface area contributed by atoms with Crippen LogP contribution in [-0.2, 0) is 63.8 Å². The van der Waals surface area contributed by atoms with Crippen LogP contribution in [0.15, 0.2) is 84.9 Å². The number of likely N-dealkylation sites (N-methyl/N-ethyl adjacent to an activating group) is 3. The summed E-state index contributed by atoms with van der Waals surface area (Å²) in [5.41, 5.74) is -0.807. The molecule has 2 bridgehead atoms. The van der Waals surface area contributed by atoms with E-state index in [2.05, 4.69) is 5.32 Å². The van der Waals surface area contributed by atoms with E-state index in [9.17, 15) is 28.8 Å². The average molecular weight is 1240 g/mol. The monoisotopic (exact) mass is 1230 g/mol. The molecular weight excluding hydrogens is 1140 g/mol. The number of methoxy groups -OCH3 is 2. The van der Waals surface area contributed by atoms with Crippen LogP contribution in [0.25, 0.3) is 0 Å². The summed E-state index contributed by atoms with van der Waals surface area (Å²) in [5.74, 6) is -5.21. The number of hydrogen-bond acceptors (Lipinski definition) is 15. The number of carbonyl (C=O) groups is 9. The van der Waals surface area contributed by atoms with Crippen molar-refractivity contribution < 1.29 is 71.6 Å². The summed E-state index contributed by atoms with van der Waals surface area (Å²) in [6, 6.07) is 15.1. The van der Waals surface area contributed by atoms with Gasteiger partial charge in [-0.2, -0.15) is 0 Å². The molecule has 2 fully saturated rings. The zero-order valence-corrected chi connectivity index (χ0v) is 54.6. The van der Waals surface area contributed by atoms with Gasteiger partial charge in [0.2, 0.25) is 29.4 Å². The number of nitrogens with one attached hydrogen (secondary N) is 1. The lowest BCUT2D eigenvalue weighted by molar-refractivity contribution is -0.165. The molecule has 2 saturated heterocycles. The number of esters is 2. The van der Waals surface area contributed by atoms with Crippen molar-refractivity contribution in [1.82, 2.24) is 29.8 Å². The van der Waals surface area contributed by atoms with E-state index in [0.717, 1.165) is 5.56 Å². The predicted molar refractivity (Wildman–Crippen MR) is 333 cm³/mol. The number of nitrogens with zero attached hydrogens (tertiary/aromatic N) is 5. The molecule has 21 heteroatoms. The van der Waals surface area contributed by atoms with Gasteiger partial charge >= 0.3 is 11.9 Å². The van der Waals surface area contributed by atoms with E-state index in [1.807, 2.05) is 60.6 Å². The standard InChI is InChI=1S/C68H94N6O15/c1-44(40-66(2,3)4)58-60(78)69-57(46-24-16-15-17-25-46)63(81)71(11)51(41-88-67(5,6)7)62(80)73-37-23-29-49(73)61(79)70(10)35-20-19-30-56(76)87-43-68(8,9)59(77)64(82)74-36-21-18-28-50(74)65(83)89-52(33-31-45-32-34-53(84-13)54(38-45)85-14)47-26-22-27-48(39-47)86-42-55(75)72(58)12/h15-17,19,22,24-27,30,32,34,38-39,44,49-52,57-58H,18,20-21,23,28-29,31,33,35-37,40-43H2,1-14H3,(H,69,78)/b30-19-/t44?,49-,50-,51-,52+,57?,58-/m0/s1. The summed E-state index contributed by atoms with van der Waals surface area (Å²) in [7, 11) is 7.64. The van der Waals surface area contributed by atoms with Crippen LogP contribution in [0.3, 0.4) is 0 Å². The van der Waals surface area contributed by atoms with E-state index in [0.29, 0.717) is 61.2 Å². The minimum atomic E-state index is -1.50. The molecule has 1 N–H and O–H groups in total. The summed E-state index contributed by atoms with van der Waals surface area (Å²) < 4.78 is 35.4. The number of ketones is 1. The highest BCUT2D eigenvalue weighted by molar-refractivity contribution is 6.38. The van der Waals surface area contributed by atoms with Gasteiger partial charge in [0.15, 0.2) is 18.1 Å². The Bertz CT molecular complexity index is 3020. The van der Waals surface area contributed by atoms with Crippen LogP contribution in [0, 0.1) is 16.7 Å². The molecule has 2 unspecified atom stereocenters. The molecule has 0 aliphatic carbocycles. The van der Waals surface area contributed by atoms with Gasteiger partial charge in [-0.05, 0) is 145 Å². The fourth-order valence-electron chi connectivity index (χ4n) is 11.6. The molecule has 6 rings (SSSR count). The number of rotatable bonds is 10. The van der Waals surface area contributed by atoms with Crippen molar-refractivity contribution in [2.24, 2.45) is 16.7 Å². The number of aryl methyl sites for hydroxylation is 1. The summed E-state index contributed by atoms with van der Waals surface area (Å²) in [5, 5.41) is 3.00. The van der Waals surface area contributed by atoms with Gasteiger partial charge < -0.3 is 58.2 Å². The molecule has 7 atom stereocenters. The van der Waals surface area contributed by atoms with Crippen LogP contribution in [0.1, 0.15) is 143 Å². The number of fused-ring (bicyclic) bond motifs is 4. The Morgan fingerprint density at radius 2 is 1.38 bits per heavy atom. The van der Waals surface area contributed by atoms with E-state index in [1.165, 1.54) is 78.8 Å².